The zero-order chi connectivity index (χ0) is 17.2. The second-order valence-electron chi connectivity index (χ2n) is 6.38. The first-order valence-electron chi connectivity index (χ1n) is 8.97. The molecule has 6 nitrogen and oxygen atoms in total. The van der Waals surface area contributed by atoms with Crippen LogP contribution in [0.1, 0.15) is 37.1 Å². The summed E-state index contributed by atoms with van der Waals surface area (Å²) in [6.45, 7) is 6.83. The molecular weight excluding hydrogens is 314 g/mol. The van der Waals surface area contributed by atoms with Crippen molar-refractivity contribution in [3.63, 3.8) is 0 Å². The van der Waals surface area contributed by atoms with Crippen molar-refractivity contribution < 1.29 is 4.74 Å². The van der Waals surface area contributed by atoms with Gasteiger partial charge in [0, 0.05) is 24.8 Å². The molecule has 1 aliphatic heterocycles. The van der Waals surface area contributed by atoms with Crippen molar-refractivity contribution in [1.29, 1.82) is 0 Å². The number of hydrogen-bond donors (Lipinski definition) is 0. The number of rotatable bonds is 5. The maximum absolute atomic E-state index is 5.77. The molecule has 3 aromatic rings. The van der Waals surface area contributed by atoms with Crippen molar-refractivity contribution in [2.75, 3.05) is 18.1 Å². The number of ether oxygens (including phenoxy) is 1. The fourth-order valence-corrected chi connectivity index (χ4v) is 3.29. The van der Waals surface area contributed by atoms with E-state index in [1.165, 1.54) is 11.1 Å². The van der Waals surface area contributed by atoms with E-state index in [-0.39, 0.29) is 0 Å². The van der Waals surface area contributed by atoms with Crippen LogP contribution in [-0.4, -0.2) is 32.7 Å². The monoisotopic (exact) mass is 337 g/mol. The van der Waals surface area contributed by atoms with Gasteiger partial charge < -0.3 is 9.64 Å². The maximum Gasteiger partial charge on any atom is 0.254 e. The van der Waals surface area contributed by atoms with Crippen LogP contribution in [0, 0.1) is 0 Å². The van der Waals surface area contributed by atoms with E-state index in [4.69, 9.17) is 4.74 Å². The lowest BCUT2D eigenvalue weighted by Crippen LogP contribution is -2.32. The van der Waals surface area contributed by atoms with E-state index in [0.29, 0.717) is 5.78 Å². The highest BCUT2D eigenvalue weighted by Crippen LogP contribution is 2.27. The molecule has 0 N–H and O–H groups in total. The standard InChI is InChI=1S/C19H23N5O/c1-3-9-25-17-6-5-15-12-23(8-7-14(15)10-17)18-11-16(4-2)22-19-20-13-21-24(18)19/h5-6,10-11,13H,3-4,7-9,12H2,1-2H3. The van der Waals surface area contributed by atoms with Gasteiger partial charge >= 0.3 is 0 Å². The van der Waals surface area contributed by atoms with E-state index in [9.17, 15) is 0 Å². The van der Waals surface area contributed by atoms with E-state index in [2.05, 4.69) is 58.1 Å². The lowest BCUT2D eigenvalue weighted by Gasteiger charge is -2.31. The summed E-state index contributed by atoms with van der Waals surface area (Å²) in [5, 5.41) is 4.35. The van der Waals surface area contributed by atoms with E-state index < -0.39 is 0 Å². The number of aromatic nitrogens is 4. The average Bonchev–Trinajstić information content (AvgIpc) is 3.13. The number of nitrogens with zero attached hydrogens (tertiary/aromatic N) is 5. The van der Waals surface area contributed by atoms with Gasteiger partial charge in [0.25, 0.3) is 5.78 Å². The normalized spacial score (nSPS) is 13.9. The molecule has 1 aromatic carbocycles. The van der Waals surface area contributed by atoms with Gasteiger partial charge in [-0.3, -0.25) is 0 Å². The number of fused-ring (bicyclic) bond motifs is 2. The zero-order valence-electron chi connectivity index (χ0n) is 14.8. The van der Waals surface area contributed by atoms with E-state index in [1.807, 2.05) is 4.52 Å². The highest BCUT2D eigenvalue weighted by atomic mass is 16.5. The number of benzene rings is 1. The third kappa shape index (κ3) is 3.04. The molecule has 25 heavy (non-hydrogen) atoms. The Labute approximate surface area is 147 Å². The topological polar surface area (TPSA) is 55.5 Å². The Bertz CT molecular complexity index is 889. The molecule has 0 saturated heterocycles. The van der Waals surface area contributed by atoms with Crippen molar-refractivity contribution in [3.8, 4) is 5.75 Å². The summed E-state index contributed by atoms with van der Waals surface area (Å²) >= 11 is 0. The Balaban J connectivity index is 1.63. The third-order valence-electron chi connectivity index (χ3n) is 4.64. The van der Waals surface area contributed by atoms with E-state index in [1.54, 1.807) is 6.33 Å². The van der Waals surface area contributed by atoms with Gasteiger partial charge in [0.1, 0.15) is 17.9 Å². The second-order valence-corrected chi connectivity index (χ2v) is 6.38. The molecule has 0 aliphatic carbocycles. The summed E-state index contributed by atoms with van der Waals surface area (Å²) in [7, 11) is 0. The minimum Gasteiger partial charge on any atom is -0.494 e. The van der Waals surface area contributed by atoms with E-state index in [0.717, 1.165) is 56.2 Å². The van der Waals surface area contributed by atoms with Crippen molar-refractivity contribution in [2.24, 2.45) is 0 Å². The molecule has 2 aromatic heterocycles. The van der Waals surface area contributed by atoms with Gasteiger partial charge in [0.05, 0.1) is 6.61 Å². The fourth-order valence-electron chi connectivity index (χ4n) is 3.29. The van der Waals surface area contributed by atoms with Crippen molar-refractivity contribution in [1.82, 2.24) is 19.6 Å². The minimum absolute atomic E-state index is 0.670. The molecule has 3 heterocycles. The second kappa shape index (κ2) is 6.70. The number of aryl methyl sites for hydroxylation is 1. The molecule has 0 spiro atoms. The minimum atomic E-state index is 0.670. The molecule has 0 unspecified atom stereocenters. The first-order valence-corrected chi connectivity index (χ1v) is 8.97. The van der Waals surface area contributed by atoms with Gasteiger partial charge in [-0.05, 0) is 42.5 Å². The summed E-state index contributed by atoms with van der Waals surface area (Å²) in [6, 6.07) is 8.59. The Morgan fingerprint density at radius 1 is 1.16 bits per heavy atom. The van der Waals surface area contributed by atoms with Crippen LogP contribution in [0.3, 0.4) is 0 Å². The van der Waals surface area contributed by atoms with Gasteiger partial charge in [-0.15, -0.1) is 0 Å². The molecule has 0 saturated carbocycles. The van der Waals surface area contributed by atoms with Crippen LogP contribution in [0.25, 0.3) is 5.78 Å². The number of anilines is 1. The van der Waals surface area contributed by atoms with Crippen LogP contribution in [0.4, 0.5) is 5.82 Å². The lowest BCUT2D eigenvalue weighted by molar-refractivity contribution is 0.317. The SMILES string of the molecule is CCCOc1ccc2c(c1)CCN(c1cc(CC)nc3ncnn13)C2. The predicted octanol–water partition coefficient (Wildman–Crippen LogP) is 3.04. The van der Waals surface area contributed by atoms with Crippen LogP contribution in [0.5, 0.6) is 5.75 Å². The number of hydrogen-bond acceptors (Lipinski definition) is 5. The summed E-state index contributed by atoms with van der Waals surface area (Å²) in [4.78, 5) is 11.2. The Kier molecular flexibility index (Phi) is 4.26. The van der Waals surface area contributed by atoms with E-state index >= 15 is 0 Å². The molecule has 130 valence electrons. The van der Waals surface area contributed by atoms with Crippen molar-refractivity contribution in [2.45, 2.75) is 39.7 Å². The Hall–Kier alpha value is -2.63. The van der Waals surface area contributed by atoms with Crippen LogP contribution in [0.2, 0.25) is 0 Å². The smallest absolute Gasteiger partial charge is 0.254 e. The van der Waals surface area contributed by atoms with Gasteiger partial charge in [0.15, 0.2) is 0 Å². The first kappa shape index (κ1) is 15.9. The maximum atomic E-state index is 5.77. The highest BCUT2D eigenvalue weighted by molar-refractivity contribution is 5.50. The molecule has 0 amide bonds. The molecule has 0 atom stereocenters. The molecule has 0 fully saturated rings. The molecule has 0 bridgehead atoms. The van der Waals surface area contributed by atoms with Gasteiger partial charge in [-0.25, -0.2) is 4.98 Å². The molecule has 1 aliphatic rings. The molecule has 0 radical (unpaired) electrons. The van der Waals surface area contributed by atoms with Crippen LogP contribution < -0.4 is 9.64 Å². The summed E-state index contributed by atoms with van der Waals surface area (Å²) in [5.41, 5.74) is 3.77. The predicted molar refractivity (Wildman–Crippen MR) is 97.1 cm³/mol. The zero-order valence-corrected chi connectivity index (χ0v) is 14.8. The Morgan fingerprint density at radius 3 is 2.92 bits per heavy atom. The van der Waals surface area contributed by atoms with Gasteiger partial charge in [-0.1, -0.05) is 19.9 Å². The molecule has 6 heteroatoms. The van der Waals surface area contributed by atoms with Gasteiger partial charge in [-0.2, -0.15) is 14.6 Å². The van der Waals surface area contributed by atoms with Crippen molar-refractivity contribution in [3.05, 3.63) is 47.4 Å². The van der Waals surface area contributed by atoms with Gasteiger partial charge in [0.2, 0.25) is 0 Å². The van der Waals surface area contributed by atoms with Crippen LogP contribution in [0.15, 0.2) is 30.6 Å². The molecule has 4 rings (SSSR count). The average molecular weight is 337 g/mol. The van der Waals surface area contributed by atoms with Crippen LogP contribution >= 0.6 is 0 Å². The van der Waals surface area contributed by atoms with Crippen LogP contribution in [-0.2, 0) is 19.4 Å². The summed E-state index contributed by atoms with van der Waals surface area (Å²) in [6.07, 6.45) is 4.48. The quantitative estimate of drug-likeness (QED) is 0.716. The highest BCUT2D eigenvalue weighted by Gasteiger charge is 2.20. The fraction of sp³-hybridized carbons (Fsp3) is 0.421. The summed E-state index contributed by atoms with van der Waals surface area (Å²) in [5.74, 6) is 2.71. The lowest BCUT2D eigenvalue weighted by atomic mass is 9.99. The summed E-state index contributed by atoms with van der Waals surface area (Å²) < 4.78 is 7.60. The third-order valence-corrected chi connectivity index (χ3v) is 4.64. The molecular formula is C19H23N5O. The van der Waals surface area contributed by atoms with Crippen molar-refractivity contribution >= 4 is 11.6 Å². The Morgan fingerprint density at radius 2 is 2.08 bits per heavy atom. The largest absolute Gasteiger partial charge is 0.494 e. The first-order chi connectivity index (χ1) is 12.3.